The maximum absolute atomic E-state index is 4.29. The van der Waals surface area contributed by atoms with Crippen LogP contribution in [0.4, 0.5) is 5.82 Å². The van der Waals surface area contributed by atoms with E-state index in [0.717, 1.165) is 12.4 Å². The largest absolute Gasteiger partial charge is 0.364 e. The summed E-state index contributed by atoms with van der Waals surface area (Å²) in [6, 6.07) is 8.46. The Hall–Kier alpha value is -1.59. The Kier molecular flexibility index (Phi) is 3.17. The highest BCUT2D eigenvalue weighted by Gasteiger charge is 2.04. The lowest BCUT2D eigenvalue weighted by molar-refractivity contribution is 0.768. The van der Waals surface area contributed by atoms with Crippen LogP contribution in [0.2, 0.25) is 0 Å². The molecule has 0 bridgehead atoms. The van der Waals surface area contributed by atoms with Gasteiger partial charge in [-0.15, -0.1) is 22.7 Å². The first-order valence-corrected chi connectivity index (χ1v) is 7.42. The third-order valence-corrected chi connectivity index (χ3v) is 4.47. The van der Waals surface area contributed by atoms with Gasteiger partial charge in [0.1, 0.15) is 5.82 Å². The smallest absolute Gasteiger partial charge is 0.148 e. The SMILES string of the molecule is Cn1ccc(NCc2cc(-c3cccs3)cs2)n1. The van der Waals surface area contributed by atoms with Crippen LogP contribution in [-0.4, -0.2) is 9.78 Å². The topological polar surface area (TPSA) is 29.9 Å². The lowest BCUT2D eigenvalue weighted by Crippen LogP contribution is -1.98. The summed E-state index contributed by atoms with van der Waals surface area (Å²) >= 11 is 3.56. The van der Waals surface area contributed by atoms with E-state index in [4.69, 9.17) is 0 Å². The van der Waals surface area contributed by atoms with Crippen molar-refractivity contribution < 1.29 is 0 Å². The Labute approximate surface area is 114 Å². The number of nitrogens with zero attached hydrogens (tertiary/aromatic N) is 2. The molecule has 1 N–H and O–H groups in total. The summed E-state index contributed by atoms with van der Waals surface area (Å²) in [4.78, 5) is 2.65. The summed E-state index contributed by atoms with van der Waals surface area (Å²) < 4.78 is 1.80. The van der Waals surface area contributed by atoms with Gasteiger partial charge in [-0.3, -0.25) is 4.68 Å². The quantitative estimate of drug-likeness (QED) is 0.784. The van der Waals surface area contributed by atoms with E-state index < -0.39 is 0 Å². The van der Waals surface area contributed by atoms with Gasteiger partial charge in [0.05, 0.1) is 6.54 Å². The number of aryl methyl sites for hydroxylation is 1. The van der Waals surface area contributed by atoms with E-state index in [-0.39, 0.29) is 0 Å². The maximum Gasteiger partial charge on any atom is 0.148 e. The fourth-order valence-corrected chi connectivity index (χ4v) is 3.35. The Balaban J connectivity index is 1.67. The maximum atomic E-state index is 4.29. The molecule has 0 spiro atoms. The van der Waals surface area contributed by atoms with Crippen molar-refractivity contribution in [1.29, 1.82) is 0 Å². The molecule has 0 saturated carbocycles. The summed E-state index contributed by atoms with van der Waals surface area (Å²) in [7, 11) is 1.92. The third-order valence-electron chi connectivity index (χ3n) is 2.62. The molecule has 0 radical (unpaired) electrons. The predicted octanol–water partition coefficient (Wildman–Crippen LogP) is 3.82. The summed E-state index contributed by atoms with van der Waals surface area (Å²) in [5, 5.41) is 11.9. The highest BCUT2D eigenvalue weighted by Crippen LogP contribution is 2.29. The monoisotopic (exact) mass is 275 g/mol. The van der Waals surface area contributed by atoms with E-state index >= 15 is 0 Å². The van der Waals surface area contributed by atoms with Crippen molar-refractivity contribution in [3.8, 4) is 10.4 Å². The fourth-order valence-electron chi connectivity index (χ4n) is 1.73. The first kappa shape index (κ1) is 11.5. The molecule has 0 aliphatic heterocycles. The number of hydrogen-bond acceptors (Lipinski definition) is 4. The molecule has 0 aliphatic carbocycles. The molecule has 3 nitrogen and oxygen atoms in total. The third kappa shape index (κ3) is 2.47. The Morgan fingerprint density at radius 3 is 3.00 bits per heavy atom. The minimum atomic E-state index is 0.826. The van der Waals surface area contributed by atoms with Gasteiger partial charge in [-0.25, -0.2) is 0 Å². The van der Waals surface area contributed by atoms with E-state index in [1.807, 2.05) is 19.3 Å². The van der Waals surface area contributed by atoms with Crippen LogP contribution in [0.3, 0.4) is 0 Å². The first-order valence-electron chi connectivity index (χ1n) is 5.66. The average Bonchev–Trinajstić information content (AvgIpc) is 3.07. The fraction of sp³-hybridized carbons (Fsp3) is 0.154. The molecule has 3 aromatic heterocycles. The first-order chi connectivity index (χ1) is 8.81. The number of thiophene rings is 2. The molecule has 3 rings (SSSR count). The number of anilines is 1. The number of rotatable bonds is 4. The van der Waals surface area contributed by atoms with Gasteiger partial charge in [-0.2, -0.15) is 5.10 Å². The van der Waals surface area contributed by atoms with Crippen LogP contribution in [-0.2, 0) is 13.6 Å². The Morgan fingerprint density at radius 1 is 1.33 bits per heavy atom. The second-order valence-corrected chi connectivity index (χ2v) is 5.95. The normalized spacial score (nSPS) is 10.7. The van der Waals surface area contributed by atoms with Gasteiger partial charge in [0.2, 0.25) is 0 Å². The van der Waals surface area contributed by atoms with Gasteiger partial charge in [0, 0.05) is 34.6 Å². The molecule has 92 valence electrons. The zero-order valence-electron chi connectivity index (χ0n) is 9.96. The second kappa shape index (κ2) is 4.96. The molecular weight excluding hydrogens is 262 g/mol. The summed E-state index contributed by atoms with van der Waals surface area (Å²) in [5.74, 6) is 0.920. The highest BCUT2D eigenvalue weighted by molar-refractivity contribution is 7.14. The van der Waals surface area contributed by atoms with E-state index in [1.165, 1.54) is 15.3 Å². The molecule has 0 amide bonds. The molecule has 0 aromatic carbocycles. The lowest BCUT2D eigenvalue weighted by atomic mass is 10.2. The van der Waals surface area contributed by atoms with Crippen molar-refractivity contribution in [2.24, 2.45) is 7.05 Å². The van der Waals surface area contributed by atoms with E-state index in [0.29, 0.717) is 0 Å². The predicted molar refractivity (Wildman–Crippen MR) is 78.2 cm³/mol. The summed E-state index contributed by atoms with van der Waals surface area (Å²) in [6.45, 7) is 0.826. The standard InChI is InChI=1S/C13H13N3S2/c1-16-5-4-13(15-16)14-8-11-7-10(9-18-11)12-3-2-6-17-12/h2-7,9H,8H2,1H3,(H,14,15). The van der Waals surface area contributed by atoms with Crippen LogP contribution in [0.25, 0.3) is 10.4 Å². The molecule has 0 unspecified atom stereocenters. The van der Waals surface area contributed by atoms with Gasteiger partial charge in [0.15, 0.2) is 0 Å². The molecule has 3 aromatic rings. The number of aromatic nitrogens is 2. The van der Waals surface area contributed by atoms with E-state index in [1.54, 1.807) is 27.4 Å². The minimum absolute atomic E-state index is 0.826. The van der Waals surface area contributed by atoms with Crippen molar-refractivity contribution in [3.63, 3.8) is 0 Å². The molecule has 0 atom stereocenters. The van der Waals surface area contributed by atoms with Gasteiger partial charge >= 0.3 is 0 Å². The summed E-state index contributed by atoms with van der Waals surface area (Å²) in [5.41, 5.74) is 1.31. The van der Waals surface area contributed by atoms with Crippen molar-refractivity contribution in [3.05, 3.63) is 46.1 Å². The zero-order chi connectivity index (χ0) is 12.4. The molecule has 3 heterocycles. The van der Waals surface area contributed by atoms with E-state index in [9.17, 15) is 0 Å². The van der Waals surface area contributed by atoms with Gasteiger partial charge in [0.25, 0.3) is 0 Å². The Bertz CT molecular complexity index is 622. The summed E-state index contributed by atoms with van der Waals surface area (Å²) in [6.07, 6.45) is 1.94. The molecule has 5 heteroatoms. The van der Waals surface area contributed by atoms with E-state index in [2.05, 4.69) is 39.4 Å². The van der Waals surface area contributed by atoms with Crippen LogP contribution in [0.15, 0.2) is 41.2 Å². The average molecular weight is 275 g/mol. The van der Waals surface area contributed by atoms with Crippen molar-refractivity contribution >= 4 is 28.5 Å². The van der Waals surface area contributed by atoms with Crippen LogP contribution >= 0.6 is 22.7 Å². The van der Waals surface area contributed by atoms with Crippen molar-refractivity contribution in [1.82, 2.24) is 9.78 Å². The highest BCUT2D eigenvalue weighted by atomic mass is 32.1. The van der Waals surface area contributed by atoms with Gasteiger partial charge in [-0.1, -0.05) is 6.07 Å². The molecule has 0 fully saturated rings. The van der Waals surface area contributed by atoms with Crippen LogP contribution in [0.1, 0.15) is 4.88 Å². The molecular formula is C13H13N3S2. The number of hydrogen-bond donors (Lipinski definition) is 1. The van der Waals surface area contributed by atoms with Gasteiger partial charge < -0.3 is 5.32 Å². The second-order valence-electron chi connectivity index (χ2n) is 4.01. The van der Waals surface area contributed by atoms with Crippen LogP contribution in [0, 0.1) is 0 Å². The molecule has 0 aliphatic rings. The van der Waals surface area contributed by atoms with Crippen LogP contribution in [0.5, 0.6) is 0 Å². The van der Waals surface area contributed by atoms with Crippen molar-refractivity contribution in [2.45, 2.75) is 6.54 Å². The lowest BCUT2D eigenvalue weighted by Gasteiger charge is -1.99. The Morgan fingerprint density at radius 2 is 2.28 bits per heavy atom. The van der Waals surface area contributed by atoms with Crippen molar-refractivity contribution in [2.75, 3.05) is 5.32 Å². The minimum Gasteiger partial charge on any atom is -0.364 e. The zero-order valence-corrected chi connectivity index (χ0v) is 11.6. The molecule has 0 saturated heterocycles. The van der Waals surface area contributed by atoms with Crippen LogP contribution < -0.4 is 5.32 Å². The number of nitrogens with one attached hydrogen (secondary N) is 1. The van der Waals surface area contributed by atoms with Gasteiger partial charge in [-0.05, 0) is 22.9 Å². The molecule has 18 heavy (non-hydrogen) atoms.